The van der Waals surface area contributed by atoms with Crippen LogP contribution in [0.2, 0.25) is 0 Å². The molecule has 33 heavy (non-hydrogen) atoms. The van der Waals surface area contributed by atoms with Gasteiger partial charge in [0.2, 0.25) is 0 Å². The van der Waals surface area contributed by atoms with Crippen LogP contribution in [0.4, 0.5) is 11.4 Å². The van der Waals surface area contributed by atoms with E-state index in [0.29, 0.717) is 11.4 Å². The average Bonchev–Trinajstić information content (AvgIpc) is 3.04. The normalized spacial score (nSPS) is 12.4. The lowest BCUT2D eigenvalue weighted by molar-refractivity contribution is -0.131. The Morgan fingerprint density at radius 3 is 2.24 bits per heavy atom. The molecule has 4 rings (SSSR count). The van der Waals surface area contributed by atoms with E-state index in [0.717, 1.165) is 4.90 Å². The second-order valence-corrected chi connectivity index (χ2v) is 7.13. The molecule has 1 aliphatic heterocycles. The maximum absolute atomic E-state index is 13.0. The number of aromatic hydroxyl groups is 1. The van der Waals surface area contributed by atoms with Crippen molar-refractivity contribution in [2.45, 2.75) is 6.92 Å². The van der Waals surface area contributed by atoms with E-state index in [1.165, 1.54) is 68.6 Å². The van der Waals surface area contributed by atoms with Gasteiger partial charge in [-0.1, -0.05) is 0 Å². The van der Waals surface area contributed by atoms with Crippen molar-refractivity contribution >= 4 is 35.1 Å². The minimum Gasteiger partial charge on any atom is -0.504 e. The number of hydrogen-bond acceptors (Lipinski definition) is 7. The molecule has 0 fully saturated rings. The van der Waals surface area contributed by atoms with E-state index in [1.807, 2.05) is 0 Å². The zero-order chi connectivity index (χ0) is 23.7. The van der Waals surface area contributed by atoms with Crippen molar-refractivity contribution in [1.29, 1.82) is 0 Å². The molecular formula is C24H18N2O7. The highest BCUT2D eigenvalue weighted by molar-refractivity contribution is 6.34. The average molecular weight is 446 g/mol. The van der Waals surface area contributed by atoms with Crippen molar-refractivity contribution < 1.29 is 33.8 Å². The fourth-order valence-electron chi connectivity index (χ4n) is 3.42. The molecule has 0 atom stereocenters. The predicted molar refractivity (Wildman–Crippen MR) is 118 cm³/mol. The smallest absolute Gasteiger partial charge is 0.308 e. The van der Waals surface area contributed by atoms with E-state index in [2.05, 4.69) is 5.32 Å². The Morgan fingerprint density at radius 1 is 0.909 bits per heavy atom. The van der Waals surface area contributed by atoms with Crippen LogP contribution in [0.1, 0.15) is 38.0 Å². The van der Waals surface area contributed by atoms with Gasteiger partial charge in [-0.15, -0.1) is 0 Å². The van der Waals surface area contributed by atoms with Crippen LogP contribution in [0.3, 0.4) is 0 Å². The SMILES string of the molecule is COc1ccc(NC(=O)c2ccc3c(c2)C(=O)N(c2ccc(OC(C)=O)cc2)C3=O)cc1O. The van der Waals surface area contributed by atoms with Crippen molar-refractivity contribution in [2.24, 2.45) is 0 Å². The monoisotopic (exact) mass is 446 g/mol. The first-order valence-electron chi connectivity index (χ1n) is 9.78. The van der Waals surface area contributed by atoms with Gasteiger partial charge < -0.3 is 19.9 Å². The summed E-state index contributed by atoms with van der Waals surface area (Å²) >= 11 is 0. The van der Waals surface area contributed by atoms with Crippen LogP contribution in [0, 0.1) is 0 Å². The quantitative estimate of drug-likeness (QED) is 0.350. The number of benzene rings is 3. The number of ether oxygens (including phenoxy) is 2. The maximum atomic E-state index is 13.0. The Balaban J connectivity index is 1.56. The van der Waals surface area contributed by atoms with E-state index >= 15 is 0 Å². The third-order valence-electron chi connectivity index (χ3n) is 4.94. The third kappa shape index (κ3) is 4.11. The van der Waals surface area contributed by atoms with Gasteiger partial charge in [0.05, 0.1) is 23.9 Å². The number of carbonyl (C=O) groups excluding carboxylic acids is 4. The third-order valence-corrected chi connectivity index (χ3v) is 4.94. The molecule has 9 nitrogen and oxygen atoms in total. The summed E-state index contributed by atoms with van der Waals surface area (Å²) in [6.07, 6.45) is 0. The van der Waals surface area contributed by atoms with Crippen LogP contribution < -0.4 is 19.7 Å². The summed E-state index contributed by atoms with van der Waals surface area (Å²) in [7, 11) is 1.41. The summed E-state index contributed by atoms with van der Waals surface area (Å²) in [6.45, 7) is 1.27. The van der Waals surface area contributed by atoms with E-state index in [1.54, 1.807) is 6.07 Å². The van der Waals surface area contributed by atoms with Gasteiger partial charge in [0.1, 0.15) is 5.75 Å². The van der Waals surface area contributed by atoms with Gasteiger partial charge in [-0.25, -0.2) is 4.90 Å². The first kappa shape index (κ1) is 21.6. The van der Waals surface area contributed by atoms with Gasteiger partial charge in [0.15, 0.2) is 11.5 Å². The van der Waals surface area contributed by atoms with Crippen molar-refractivity contribution in [3.8, 4) is 17.2 Å². The summed E-state index contributed by atoms with van der Waals surface area (Å²) in [6, 6.07) is 14.5. The van der Waals surface area contributed by atoms with E-state index in [4.69, 9.17) is 9.47 Å². The number of amides is 3. The van der Waals surface area contributed by atoms with Crippen molar-refractivity contribution in [3.63, 3.8) is 0 Å². The molecule has 1 aliphatic rings. The van der Waals surface area contributed by atoms with Gasteiger partial charge in [0, 0.05) is 24.2 Å². The Labute approximate surface area is 188 Å². The van der Waals surface area contributed by atoms with Crippen molar-refractivity contribution in [2.75, 3.05) is 17.3 Å². The van der Waals surface area contributed by atoms with Crippen molar-refractivity contribution in [3.05, 3.63) is 77.4 Å². The highest BCUT2D eigenvalue weighted by Gasteiger charge is 2.37. The standard InChI is InChI=1S/C24H18N2O7/c1-13(27)33-17-7-5-16(6-8-17)26-23(30)18-9-3-14(11-19(18)24(26)31)22(29)25-15-4-10-21(32-2)20(28)12-15/h3-12,28H,1-2H3,(H,25,29). The summed E-state index contributed by atoms with van der Waals surface area (Å²) in [5.74, 6) is -1.71. The number of imide groups is 1. The fourth-order valence-corrected chi connectivity index (χ4v) is 3.42. The molecule has 3 amide bonds. The molecule has 166 valence electrons. The molecule has 0 saturated carbocycles. The molecule has 0 bridgehead atoms. The van der Waals surface area contributed by atoms with Crippen LogP contribution in [-0.2, 0) is 4.79 Å². The highest BCUT2D eigenvalue weighted by Crippen LogP contribution is 2.31. The second kappa shape index (κ2) is 8.46. The largest absolute Gasteiger partial charge is 0.504 e. The van der Waals surface area contributed by atoms with E-state index in [-0.39, 0.29) is 33.9 Å². The lowest BCUT2D eigenvalue weighted by Gasteiger charge is -2.14. The molecule has 9 heteroatoms. The van der Waals surface area contributed by atoms with Crippen molar-refractivity contribution in [1.82, 2.24) is 0 Å². The minimum atomic E-state index is -0.577. The van der Waals surface area contributed by atoms with Gasteiger partial charge in [-0.2, -0.15) is 0 Å². The number of esters is 1. The summed E-state index contributed by atoms with van der Waals surface area (Å²) in [4.78, 5) is 50.5. The molecule has 0 unspecified atom stereocenters. The number of fused-ring (bicyclic) bond motifs is 1. The molecule has 0 aliphatic carbocycles. The molecular weight excluding hydrogens is 428 g/mol. The highest BCUT2D eigenvalue weighted by atomic mass is 16.5. The molecule has 0 radical (unpaired) electrons. The lowest BCUT2D eigenvalue weighted by Crippen LogP contribution is -2.29. The van der Waals surface area contributed by atoms with Gasteiger partial charge >= 0.3 is 5.97 Å². The number of hydrogen-bond donors (Lipinski definition) is 2. The second-order valence-electron chi connectivity index (χ2n) is 7.13. The zero-order valence-electron chi connectivity index (χ0n) is 17.6. The van der Waals surface area contributed by atoms with E-state index in [9.17, 15) is 24.3 Å². The molecule has 0 spiro atoms. The van der Waals surface area contributed by atoms with Crippen LogP contribution in [-0.4, -0.2) is 35.9 Å². The van der Waals surface area contributed by atoms with Crippen LogP contribution in [0.5, 0.6) is 17.2 Å². The van der Waals surface area contributed by atoms with Gasteiger partial charge in [0.25, 0.3) is 17.7 Å². The lowest BCUT2D eigenvalue weighted by atomic mass is 10.1. The number of anilines is 2. The first-order chi connectivity index (χ1) is 15.8. The Morgan fingerprint density at radius 2 is 1.61 bits per heavy atom. The van der Waals surface area contributed by atoms with E-state index < -0.39 is 23.7 Å². The minimum absolute atomic E-state index is 0.0919. The van der Waals surface area contributed by atoms with Gasteiger partial charge in [-0.05, 0) is 54.6 Å². The summed E-state index contributed by atoms with van der Waals surface area (Å²) < 4.78 is 9.94. The van der Waals surface area contributed by atoms with Crippen LogP contribution in [0.25, 0.3) is 0 Å². The van der Waals surface area contributed by atoms with Crippen LogP contribution in [0.15, 0.2) is 60.7 Å². The first-order valence-corrected chi connectivity index (χ1v) is 9.78. The number of phenols is 1. The Hall–Kier alpha value is -4.66. The molecule has 1 heterocycles. The fraction of sp³-hybridized carbons (Fsp3) is 0.0833. The Bertz CT molecular complexity index is 1300. The summed E-state index contributed by atoms with van der Waals surface area (Å²) in [5.41, 5.74) is 1.06. The molecule has 3 aromatic rings. The number of nitrogens with one attached hydrogen (secondary N) is 1. The number of carbonyl (C=O) groups is 4. The number of nitrogens with zero attached hydrogens (tertiary/aromatic N) is 1. The predicted octanol–water partition coefficient (Wildman–Crippen LogP) is 3.38. The Kier molecular flexibility index (Phi) is 5.53. The zero-order valence-corrected chi connectivity index (χ0v) is 17.6. The number of rotatable bonds is 5. The molecule has 0 aromatic heterocycles. The van der Waals surface area contributed by atoms with Gasteiger partial charge in [-0.3, -0.25) is 19.2 Å². The number of phenolic OH excluding ortho intramolecular Hbond substituents is 1. The van der Waals surface area contributed by atoms with Crippen LogP contribution >= 0.6 is 0 Å². The topological polar surface area (TPSA) is 122 Å². The molecule has 0 saturated heterocycles. The molecule has 2 N–H and O–H groups in total. The summed E-state index contributed by atoms with van der Waals surface area (Å²) in [5, 5.41) is 12.5. The number of methoxy groups -OCH3 is 1. The maximum Gasteiger partial charge on any atom is 0.308 e. The molecule has 3 aromatic carbocycles.